The highest BCUT2D eigenvalue weighted by atomic mass is 19.1. The molecule has 0 amide bonds. The second-order valence-corrected chi connectivity index (χ2v) is 17.7. The maximum atomic E-state index is 17.7. The van der Waals surface area contributed by atoms with Crippen LogP contribution >= 0.6 is 0 Å². The highest BCUT2D eigenvalue weighted by Crippen LogP contribution is 2.51. The number of allylic oxidation sites excluding steroid dienone is 7. The molecule has 0 saturated carbocycles. The van der Waals surface area contributed by atoms with Crippen LogP contribution in [-0.2, 0) is 0 Å². The van der Waals surface area contributed by atoms with Gasteiger partial charge in [-0.1, -0.05) is 211 Å². The fraction of sp³-hybridized carbons (Fsp3) is 0.130. The van der Waals surface area contributed by atoms with Gasteiger partial charge in [-0.25, -0.2) is 8.78 Å². The first-order valence-electron chi connectivity index (χ1n) is 25.9. The topological polar surface area (TPSA) is 6.48 Å². The van der Waals surface area contributed by atoms with Crippen molar-refractivity contribution >= 4 is 77.6 Å². The van der Waals surface area contributed by atoms with Crippen LogP contribution in [0.15, 0.2) is 231 Å². The van der Waals surface area contributed by atoms with Gasteiger partial charge in [0, 0.05) is 33.3 Å². The fourth-order valence-corrected chi connectivity index (χ4v) is 10.2. The third kappa shape index (κ3) is 9.74. The van der Waals surface area contributed by atoms with Gasteiger partial charge in [0.25, 0.3) is 0 Å². The molecule has 0 saturated heterocycles. The van der Waals surface area contributed by atoms with E-state index in [9.17, 15) is 0 Å². The molecule has 0 fully saturated rings. The molecule has 1 aliphatic carbocycles. The third-order valence-electron chi connectivity index (χ3n) is 13.5. The summed E-state index contributed by atoms with van der Waals surface area (Å²) in [5.41, 5.74) is 11.4. The van der Waals surface area contributed by atoms with E-state index in [4.69, 9.17) is 0 Å². The Morgan fingerprint density at radius 1 is 0.534 bits per heavy atom. The van der Waals surface area contributed by atoms with Gasteiger partial charge in [0.2, 0.25) is 0 Å². The summed E-state index contributed by atoms with van der Waals surface area (Å²) in [6, 6.07) is 65.2. The number of nitrogens with zero attached hydrogens (tertiary/aromatic N) is 2. The minimum atomic E-state index is -0.343. The molecule has 0 spiro atoms. The molecule has 0 bridgehead atoms. The largest absolute Gasteiger partial charge is 0.307 e. The Bertz CT molecular complexity index is 3590. The van der Waals surface area contributed by atoms with Crippen molar-refractivity contribution in [2.45, 2.75) is 60.3 Å². The number of hydrogen-bond acceptors (Lipinski definition) is 2. The average molecular weight is 957 g/mol. The van der Waals surface area contributed by atoms with Gasteiger partial charge in [-0.2, -0.15) is 0 Å². The second-order valence-electron chi connectivity index (χ2n) is 17.7. The molecule has 0 radical (unpaired) electrons. The minimum Gasteiger partial charge on any atom is -0.307 e. The molecule has 0 heterocycles. The molecule has 10 aromatic rings. The third-order valence-corrected chi connectivity index (χ3v) is 13.5. The predicted molar refractivity (Wildman–Crippen MR) is 312 cm³/mol. The lowest BCUT2D eigenvalue weighted by atomic mass is 9.90. The van der Waals surface area contributed by atoms with Gasteiger partial charge in [-0.05, 0) is 135 Å². The van der Waals surface area contributed by atoms with Crippen molar-refractivity contribution in [1.82, 2.24) is 0 Å². The van der Waals surface area contributed by atoms with E-state index in [1.54, 1.807) is 12.1 Å². The summed E-state index contributed by atoms with van der Waals surface area (Å²) >= 11 is 0. The normalized spacial score (nSPS) is 12.2. The molecule has 1 aliphatic rings. The summed E-state index contributed by atoms with van der Waals surface area (Å²) in [6.45, 7) is 14.3. The van der Waals surface area contributed by atoms with E-state index in [0.29, 0.717) is 11.4 Å². The number of anilines is 6. The van der Waals surface area contributed by atoms with Crippen molar-refractivity contribution in [2.24, 2.45) is 0 Å². The minimum absolute atomic E-state index is 0.305. The van der Waals surface area contributed by atoms with Crippen LogP contribution in [0.2, 0.25) is 0 Å². The molecule has 4 heteroatoms. The summed E-state index contributed by atoms with van der Waals surface area (Å²) in [4.78, 5) is 4.17. The summed E-state index contributed by atoms with van der Waals surface area (Å²) in [7, 11) is 0. The van der Waals surface area contributed by atoms with Crippen LogP contribution in [0, 0.1) is 11.6 Å². The summed E-state index contributed by atoms with van der Waals surface area (Å²) < 4.78 is 35.3. The highest BCUT2D eigenvalue weighted by molar-refractivity contribution is 6.28. The van der Waals surface area contributed by atoms with Gasteiger partial charge >= 0.3 is 0 Å². The van der Waals surface area contributed by atoms with Gasteiger partial charge in [0.05, 0.1) is 22.7 Å². The molecule has 0 aromatic heterocycles. The van der Waals surface area contributed by atoms with Gasteiger partial charge in [-0.3, -0.25) is 0 Å². The van der Waals surface area contributed by atoms with E-state index in [0.717, 1.165) is 125 Å². The quantitative estimate of drug-likeness (QED) is 0.0839. The molecule has 73 heavy (non-hydrogen) atoms. The van der Waals surface area contributed by atoms with E-state index in [-0.39, 0.29) is 11.6 Å². The Morgan fingerprint density at radius 2 is 1.00 bits per heavy atom. The molecule has 11 rings (SSSR count). The smallest absolute Gasteiger partial charge is 0.148 e. The Kier molecular flexibility index (Phi) is 15.5. The van der Waals surface area contributed by atoms with Gasteiger partial charge in [0.1, 0.15) is 11.6 Å². The first-order valence-corrected chi connectivity index (χ1v) is 25.9. The SMILES string of the molecule is C=C/C(=C\CCC)c1cc(F)c(N(c2ccccc2)c2ccc3ccc4c(N(c5ccccc5)c5c(F)cc(C6=CC=CCC6)cc5-c5ccccc5)ccc5ccc2c3c54)c(-c2ccccc2)c1.CC.CC. The molecule has 0 N–H and O–H groups in total. The number of benzene rings is 10. The molecule has 0 aliphatic heterocycles. The Morgan fingerprint density at radius 3 is 1.47 bits per heavy atom. The van der Waals surface area contributed by atoms with E-state index in [2.05, 4.69) is 120 Å². The van der Waals surface area contributed by atoms with Crippen LogP contribution < -0.4 is 9.80 Å². The van der Waals surface area contributed by atoms with Gasteiger partial charge in [0.15, 0.2) is 0 Å². The summed E-state index contributed by atoms with van der Waals surface area (Å²) in [5, 5.41) is 6.13. The lowest BCUT2D eigenvalue weighted by Gasteiger charge is -2.31. The van der Waals surface area contributed by atoms with Crippen molar-refractivity contribution < 1.29 is 8.78 Å². The zero-order valence-corrected chi connectivity index (χ0v) is 42.5. The molecular weight excluding hydrogens is 895 g/mol. The number of rotatable bonds is 13. The zero-order chi connectivity index (χ0) is 50.8. The average Bonchev–Trinajstić information content (AvgIpc) is 3.46. The number of halogens is 2. The molecule has 2 nitrogen and oxygen atoms in total. The Balaban J connectivity index is 0.00000160. The standard InChI is InChI=1S/C65H50F2N2.2C2H6/c1-3-5-21-44(4-2)50-40-56(46-24-13-7-14-25-46)64(58(66)42-50)68(52-28-17-9-18-29-52)60-38-34-48-33-37-55-61(39-35-49-32-36-54(60)62(48)63(49)55)69(53-30-19-10-20-31-53)65-57(47-26-15-8-16-27-47)41-51(43-59(65)67)45-22-11-6-12-23-45;2*1-2/h4,6-11,13-22,24-43H,2-3,5,12,23H2,1H3;2*1-2H3/b44-21+;;. The van der Waals surface area contributed by atoms with Crippen LogP contribution in [0.3, 0.4) is 0 Å². The van der Waals surface area contributed by atoms with Crippen molar-refractivity contribution in [3.05, 3.63) is 254 Å². The molecule has 0 unspecified atom stereocenters. The second kappa shape index (κ2) is 22.8. The fourth-order valence-electron chi connectivity index (χ4n) is 10.2. The number of unbranched alkanes of at least 4 members (excludes halogenated alkanes) is 1. The summed E-state index contributed by atoms with van der Waals surface area (Å²) in [6.07, 6.45) is 13.9. The van der Waals surface area contributed by atoms with E-state index in [1.807, 2.05) is 143 Å². The maximum absolute atomic E-state index is 17.7. The first-order chi connectivity index (χ1) is 36.0. The molecule has 10 aromatic carbocycles. The Hall–Kier alpha value is -8.34. The van der Waals surface area contributed by atoms with Gasteiger partial charge < -0.3 is 9.80 Å². The molecule has 0 atom stereocenters. The monoisotopic (exact) mass is 956 g/mol. The van der Waals surface area contributed by atoms with Crippen LogP contribution in [-0.4, -0.2) is 0 Å². The Labute approximate surface area is 430 Å². The van der Waals surface area contributed by atoms with E-state index < -0.39 is 0 Å². The molecule has 362 valence electrons. The summed E-state index contributed by atoms with van der Waals surface area (Å²) in [5.74, 6) is -0.648. The van der Waals surface area contributed by atoms with Crippen molar-refractivity contribution in [2.75, 3.05) is 9.80 Å². The van der Waals surface area contributed by atoms with Gasteiger partial charge in [-0.15, -0.1) is 0 Å². The van der Waals surface area contributed by atoms with E-state index >= 15 is 8.78 Å². The van der Waals surface area contributed by atoms with Crippen LogP contribution in [0.5, 0.6) is 0 Å². The van der Waals surface area contributed by atoms with Crippen molar-refractivity contribution in [1.29, 1.82) is 0 Å². The zero-order valence-electron chi connectivity index (χ0n) is 42.5. The van der Waals surface area contributed by atoms with Crippen molar-refractivity contribution in [3.8, 4) is 22.3 Å². The van der Waals surface area contributed by atoms with E-state index in [1.165, 1.54) is 0 Å². The van der Waals surface area contributed by atoms with Crippen molar-refractivity contribution in [3.63, 3.8) is 0 Å². The first kappa shape index (κ1) is 49.6. The van der Waals surface area contributed by atoms with Crippen LogP contribution in [0.4, 0.5) is 42.9 Å². The highest BCUT2D eigenvalue weighted by Gasteiger charge is 2.28. The van der Waals surface area contributed by atoms with Crippen LogP contribution in [0.25, 0.3) is 65.7 Å². The van der Waals surface area contributed by atoms with Crippen LogP contribution in [0.1, 0.15) is 71.4 Å². The number of para-hydroxylation sites is 2. The predicted octanol–water partition coefficient (Wildman–Crippen LogP) is 21.3. The lowest BCUT2D eigenvalue weighted by Crippen LogP contribution is -2.15. The lowest BCUT2D eigenvalue weighted by molar-refractivity contribution is 0.628. The maximum Gasteiger partial charge on any atom is 0.148 e. The number of hydrogen-bond donors (Lipinski definition) is 0. The molecular formula is C69H62F2N2.